The number of nitrogens with zero attached hydrogens (tertiary/aromatic N) is 2. The van der Waals surface area contributed by atoms with Crippen LogP contribution >= 0.6 is 23.2 Å². The number of nitrogens with one attached hydrogen (secondary N) is 1. The maximum atomic E-state index is 13.4. The second-order valence-electron chi connectivity index (χ2n) is 6.58. The summed E-state index contributed by atoms with van der Waals surface area (Å²) in [5.74, 6) is 0.838. The van der Waals surface area contributed by atoms with E-state index in [0.717, 1.165) is 22.3 Å². The lowest BCUT2D eigenvalue weighted by atomic mass is 10.0. The van der Waals surface area contributed by atoms with E-state index in [2.05, 4.69) is 10.3 Å². The largest absolute Gasteiger partial charge is 0.365 e. The smallest absolute Gasteiger partial charge is 0.271 e. The molecule has 0 saturated carbocycles. The van der Waals surface area contributed by atoms with Gasteiger partial charge in [-0.3, -0.25) is 4.99 Å². The zero-order valence-electron chi connectivity index (χ0n) is 14.7. The van der Waals surface area contributed by atoms with E-state index < -0.39 is 10.0 Å². The van der Waals surface area contributed by atoms with Gasteiger partial charge in [-0.25, -0.2) is 12.4 Å². The van der Waals surface area contributed by atoms with E-state index in [1.54, 1.807) is 18.3 Å². The molecule has 1 N–H and O–H groups in total. The summed E-state index contributed by atoms with van der Waals surface area (Å²) in [6.07, 6.45) is 1.64. The van der Waals surface area contributed by atoms with Crippen LogP contribution in [0.2, 0.25) is 10.0 Å². The Bertz CT molecular complexity index is 1180. The molecule has 140 valence electrons. The lowest BCUT2D eigenvalue weighted by molar-refractivity contribution is 0.588. The second kappa shape index (κ2) is 6.55. The van der Waals surface area contributed by atoms with Gasteiger partial charge in [0, 0.05) is 17.1 Å². The van der Waals surface area contributed by atoms with Crippen molar-refractivity contribution in [3.05, 3.63) is 63.8 Å². The Kier molecular flexibility index (Phi) is 4.45. The van der Waals surface area contributed by atoms with Gasteiger partial charge in [0.05, 0.1) is 34.0 Å². The number of amidine groups is 1. The molecule has 1 atom stereocenters. The van der Waals surface area contributed by atoms with E-state index in [1.165, 1.54) is 16.1 Å². The fourth-order valence-electron chi connectivity index (χ4n) is 3.39. The van der Waals surface area contributed by atoms with Crippen molar-refractivity contribution < 1.29 is 8.42 Å². The van der Waals surface area contributed by atoms with E-state index in [0.29, 0.717) is 12.1 Å². The number of fused-ring (bicyclic) bond motifs is 1. The van der Waals surface area contributed by atoms with Crippen LogP contribution in [0.15, 0.2) is 52.5 Å². The number of hydrogen-bond donors (Lipinski definition) is 1. The van der Waals surface area contributed by atoms with E-state index in [4.69, 9.17) is 23.2 Å². The molecular formula is C19H17Cl2N3O2S. The summed E-state index contributed by atoms with van der Waals surface area (Å²) in [6.45, 7) is 4.43. The van der Waals surface area contributed by atoms with Crippen LogP contribution in [0.25, 0.3) is 10.9 Å². The van der Waals surface area contributed by atoms with Crippen molar-refractivity contribution in [2.45, 2.75) is 24.8 Å². The molecule has 1 aliphatic heterocycles. The Labute approximate surface area is 167 Å². The maximum Gasteiger partial charge on any atom is 0.271 e. The first kappa shape index (κ1) is 18.3. The van der Waals surface area contributed by atoms with Gasteiger partial charge in [-0.1, -0.05) is 40.9 Å². The summed E-state index contributed by atoms with van der Waals surface area (Å²) in [4.78, 5) is 4.29. The zero-order chi connectivity index (χ0) is 19.3. The van der Waals surface area contributed by atoms with Gasteiger partial charge in [-0.05, 0) is 38.1 Å². The van der Waals surface area contributed by atoms with Gasteiger partial charge < -0.3 is 5.32 Å². The van der Waals surface area contributed by atoms with Crippen molar-refractivity contribution in [2.24, 2.45) is 4.99 Å². The average Bonchev–Trinajstić information content (AvgIpc) is 3.18. The van der Waals surface area contributed by atoms with Gasteiger partial charge in [0.15, 0.2) is 0 Å². The summed E-state index contributed by atoms with van der Waals surface area (Å²) in [5.41, 5.74) is 2.50. The Morgan fingerprint density at radius 1 is 1.15 bits per heavy atom. The predicted octanol–water partition coefficient (Wildman–Crippen LogP) is 4.56. The van der Waals surface area contributed by atoms with Gasteiger partial charge >= 0.3 is 0 Å². The van der Waals surface area contributed by atoms with Crippen molar-refractivity contribution in [2.75, 3.05) is 6.54 Å². The van der Waals surface area contributed by atoms with Gasteiger partial charge in [0.1, 0.15) is 4.90 Å². The summed E-state index contributed by atoms with van der Waals surface area (Å²) in [6, 6.07) is 10.3. The first-order valence-corrected chi connectivity index (χ1v) is 10.6. The zero-order valence-corrected chi connectivity index (χ0v) is 17.0. The third-order valence-electron chi connectivity index (χ3n) is 4.66. The van der Waals surface area contributed by atoms with Crippen LogP contribution in [0, 0.1) is 6.92 Å². The van der Waals surface area contributed by atoms with E-state index in [1.807, 2.05) is 26.0 Å². The standard InChI is InChI=1S/C19H17Cl2N3O2S/c1-11-6-7-18-13(8-11)14(17-9-22-12(2)23-17)10-24(18)27(25,26)19-15(20)4-3-5-16(19)21/h3-8,10,17H,9H2,1-2H3,(H,22,23). The number of rotatable bonds is 3. The van der Waals surface area contributed by atoms with Crippen molar-refractivity contribution in [3.8, 4) is 0 Å². The Morgan fingerprint density at radius 2 is 1.85 bits per heavy atom. The first-order valence-electron chi connectivity index (χ1n) is 8.38. The summed E-state index contributed by atoms with van der Waals surface area (Å²) < 4.78 is 28.1. The van der Waals surface area contributed by atoms with Crippen LogP contribution in [-0.2, 0) is 10.0 Å². The Hall–Kier alpha value is -2.02. The van der Waals surface area contributed by atoms with Crippen molar-refractivity contribution in [1.82, 2.24) is 9.29 Å². The summed E-state index contributed by atoms with van der Waals surface area (Å²) >= 11 is 12.4. The highest BCUT2D eigenvalue weighted by Gasteiger charge is 2.29. The molecule has 0 amide bonds. The van der Waals surface area contributed by atoms with Gasteiger partial charge in [0.2, 0.25) is 0 Å². The summed E-state index contributed by atoms with van der Waals surface area (Å²) in [5, 5.41) is 4.35. The maximum absolute atomic E-state index is 13.4. The molecule has 8 heteroatoms. The average molecular weight is 422 g/mol. The van der Waals surface area contributed by atoms with Crippen LogP contribution in [0.4, 0.5) is 0 Å². The number of hydrogen-bond acceptors (Lipinski definition) is 4. The molecule has 2 heterocycles. The van der Waals surface area contributed by atoms with Gasteiger partial charge in [-0.15, -0.1) is 0 Å². The molecule has 0 bridgehead atoms. The van der Waals surface area contributed by atoms with Crippen molar-refractivity contribution in [3.63, 3.8) is 0 Å². The highest BCUT2D eigenvalue weighted by Crippen LogP contribution is 2.36. The molecule has 4 rings (SSSR count). The number of benzene rings is 2. The second-order valence-corrected chi connectivity index (χ2v) is 9.15. The highest BCUT2D eigenvalue weighted by atomic mass is 35.5. The summed E-state index contributed by atoms with van der Waals surface area (Å²) in [7, 11) is -3.97. The third kappa shape index (κ3) is 3.02. The molecule has 1 aromatic heterocycles. The number of halogens is 2. The molecule has 2 aromatic carbocycles. The molecule has 27 heavy (non-hydrogen) atoms. The molecule has 3 aromatic rings. The number of aryl methyl sites for hydroxylation is 1. The van der Waals surface area contributed by atoms with Gasteiger partial charge in [-0.2, -0.15) is 0 Å². The molecule has 0 aliphatic carbocycles. The molecule has 0 radical (unpaired) electrons. The molecule has 0 fully saturated rings. The fraction of sp³-hybridized carbons (Fsp3) is 0.211. The lowest BCUT2D eigenvalue weighted by Crippen LogP contribution is -2.20. The van der Waals surface area contributed by atoms with E-state index >= 15 is 0 Å². The minimum atomic E-state index is -3.97. The van der Waals surface area contributed by atoms with Crippen LogP contribution in [-0.4, -0.2) is 24.8 Å². The molecule has 1 aliphatic rings. The van der Waals surface area contributed by atoms with Crippen molar-refractivity contribution >= 4 is 50.0 Å². The minimum absolute atomic E-state index is 0.0764. The number of aliphatic imine (C=N–C) groups is 1. The quantitative estimate of drug-likeness (QED) is 0.673. The van der Waals surface area contributed by atoms with Crippen molar-refractivity contribution in [1.29, 1.82) is 0 Å². The molecule has 5 nitrogen and oxygen atoms in total. The molecule has 0 saturated heterocycles. The van der Waals surface area contributed by atoms with Crippen LogP contribution < -0.4 is 5.32 Å². The molecule has 0 spiro atoms. The monoisotopic (exact) mass is 421 g/mol. The first-order chi connectivity index (χ1) is 12.8. The van der Waals surface area contributed by atoms with E-state index in [9.17, 15) is 8.42 Å². The van der Waals surface area contributed by atoms with Crippen LogP contribution in [0.5, 0.6) is 0 Å². The topological polar surface area (TPSA) is 63.5 Å². The minimum Gasteiger partial charge on any atom is -0.365 e. The number of aromatic nitrogens is 1. The van der Waals surface area contributed by atoms with Crippen LogP contribution in [0.3, 0.4) is 0 Å². The third-order valence-corrected chi connectivity index (χ3v) is 7.29. The SMILES string of the molecule is CC1=NCC(c2cn(S(=O)(=O)c3c(Cl)cccc3Cl)c3ccc(C)cc23)N1. The normalized spacial score (nSPS) is 17.2. The Morgan fingerprint density at radius 3 is 2.48 bits per heavy atom. The van der Waals surface area contributed by atoms with E-state index in [-0.39, 0.29) is 21.0 Å². The van der Waals surface area contributed by atoms with Crippen LogP contribution in [0.1, 0.15) is 24.1 Å². The Balaban J connectivity index is 1.97. The molecular weight excluding hydrogens is 405 g/mol. The predicted molar refractivity (Wildman–Crippen MR) is 110 cm³/mol. The fourth-order valence-corrected chi connectivity index (χ4v) is 5.87. The molecule has 1 unspecified atom stereocenters. The highest BCUT2D eigenvalue weighted by molar-refractivity contribution is 7.90. The lowest BCUT2D eigenvalue weighted by Gasteiger charge is -2.11. The van der Waals surface area contributed by atoms with Gasteiger partial charge in [0.25, 0.3) is 10.0 Å².